The van der Waals surface area contributed by atoms with Crippen LogP contribution in [-0.2, 0) is 4.79 Å². The quantitative estimate of drug-likeness (QED) is 0.861. The fraction of sp³-hybridized carbons (Fsp3) is 0.0625. The first-order valence-electron chi connectivity index (χ1n) is 6.40. The second-order valence-corrected chi connectivity index (χ2v) is 5.07. The summed E-state index contributed by atoms with van der Waals surface area (Å²) in [5.74, 6) is -0.514. The second-order valence-electron chi connectivity index (χ2n) is 4.64. The van der Waals surface area contributed by atoms with Crippen LogP contribution in [0, 0.1) is 0 Å². The van der Waals surface area contributed by atoms with Crippen molar-refractivity contribution >= 4 is 40.4 Å². The Morgan fingerprint density at radius 1 is 1.10 bits per heavy atom. The molecule has 1 aliphatic rings. The number of halogens is 1. The number of carbonyl (C=O) groups excluding carboxylic acids is 2. The number of Topliss-reactive ketones (excluding diaryl/α,β-unsaturated/α-hetero) is 1. The summed E-state index contributed by atoms with van der Waals surface area (Å²) in [5, 5.41) is 3.29. The van der Waals surface area contributed by atoms with Gasteiger partial charge in [0, 0.05) is 10.6 Å². The van der Waals surface area contributed by atoms with E-state index >= 15 is 0 Å². The molecule has 0 unspecified atom stereocenters. The van der Waals surface area contributed by atoms with Gasteiger partial charge in [-0.15, -0.1) is 0 Å². The Balaban J connectivity index is 2.01. The number of nitrogens with zero attached hydrogens (tertiary/aromatic N) is 1. The average molecular weight is 299 g/mol. The number of rotatable bonds is 2. The van der Waals surface area contributed by atoms with Gasteiger partial charge >= 0.3 is 0 Å². The number of hydrogen-bond donors (Lipinski definition) is 1. The van der Waals surface area contributed by atoms with E-state index in [0.717, 1.165) is 0 Å². The number of amides is 1. The van der Waals surface area contributed by atoms with Crippen LogP contribution in [0.1, 0.15) is 16.8 Å². The standard InChI is InChI=1S/C16H11ClN2O2/c17-11-7-5-10(6-8-11)16(21)14-9-15(20)19-13-4-2-1-3-12(13)18-14/h1-8H,9H2,(H,19,20). The average Bonchev–Trinajstić information content (AvgIpc) is 2.65. The maximum absolute atomic E-state index is 12.5. The molecule has 0 aromatic heterocycles. The number of aliphatic imine (C=N–C) groups is 1. The van der Waals surface area contributed by atoms with Crippen molar-refractivity contribution in [1.29, 1.82) is 0 Å². The van der Waals surface area contributed by atoms with Gasteiger partial charge in [0.1, 0.15) is 0 Å². The largest absolute Gasteiger partial charge is 0.324 e. The molecule has 21 heavy (non-hydrogen) atoms. The fourth-order valence-electron chi connectivity index (χ4n) is 2.11. The molecule has 2 aromatic rings. The lowest BCUT2D eigenvalue weighted by atomic mass is 10.0. The van der Waals surface area contributed by atoms with Crippen LogP contribution in [0.3, 0.4) is 0 Å². The van der Waals surface area contributed by atoms with Gasteiger partial charge in [0.05, 0.1) is 23.5 Å². The van der Waals surface area contributed by atoms with Crippen molar-refractivity contribution in [2.75, 3.05) is 5.32 Å². The Hall–Kier alpha value is -2.46. The molecule has 1 aliphatic heterocycles. The summed E-state index contributed by atoms with van der Waals surface area (Å²) in [6, 6.07) is 13.7. The highest BCUT2D eigenvalue weighted by Crippen LogP contribution is 2.27. The van der Waals surface area contributed by atoms with Crippen LogP contribution in [0.15, 0.2) is 53.5 Å². The molecule has 104 valence electrons. The minimum Gasteiger partial charge on any atom is -0.324 e. The highest BCUT2D eigenvalue weighted by Gasteiger charge is 2.21. The lowest BCUT2D eigenvalue weighted by Crippen LogP contribution is -2.20. The van der Waals surface area contributed by atoms with E-state index in [2.05, 4.69) is 10.3 Å². The molecule has 4 nitrogen and oxygen atoms in total. The van der Waals surface area contributed by atoms with Crippen LogP contribution >= 0.6 is 11.6 Å². The molecule has 0 spiro atoms. The van der Waals surface area contributed by atoms with Crippen LogP contribution < -0.4 is 5.32 Å². The maximum Gasteiger partial charge on any atom is 0.230 e. The van der Waals surface area contributed by atoms with Gasteiger partial charge in [0.2, 0.25) is 11.7 Å². The van der Waals surface area contributed by atoms with E-state index in [1.54, 1.807) is 42.5 Å². The van der Waals surface area contributed by atoms with Crippen molar-refractivity contribution < 1.29 is 9.59 Å². The third kappa shape index (κ3) is 2.85. The van der Waals surface area contributed by atoms with Crippen LogP contribution in [-0.4, -0.2) is 17.4 Å². The van der Waals surface area contributed by atoms with Gasteiger partial charge in [-0.25, -0.2) is 4.99 Å². The van der Waals surface area contributed by atoms with Crippen LogP contribution in [0.5, 0.6) is 0 Å². The summed E-state index contributed by atoms with van der Waals surface area (Å²) in [7, 11) is 0. The first-order valence-corrected chi connectivity index (χ1v) is 6.78. The second kappa shape index (κ2) is 5.50. The molecule has 0 bridgehead atoms. The molecule has 0 atom stereocenters. The predicted molar refractivity (Wildman–Crippen MR) is 82.6 cm³/mol. The summed E-state index contributed by atoms with van der Waals surface area (Å²) in [6.45, 7) is 0. The molecule has 0 saturated heterocycles. The van der Waals surface area contributed by atoms with E-state index in [0.29, 0.717) is 22.0 Å². The number of benzene rings is 2. The van der Waals surface area contributed by atoms with Gasteiger partial charge in [-0.3, -0.25) is 9.59 Å². The maximum atomic E-state index is 12.5. The SMILES string of the molecule is O=C1CC(C(=O)c2ccc(Cl)cc2)=Nc2ccccc2N1. The molecule has 2 aromatic carbocycles. The Morgan fingerprint density at radius 2 is 1.81 bits per heavy atom. The summed E-state index contributed by atoms with van der Waals surface area (Å²) >= 11 is 5.81. The Kier molecular flexibility index (Phi) is 3.54. The molecule has 0 fully saturated rings. The molecule has 0 radical (unpaired) electrons. The molecule has 0 saturated carbocycles. The topological polar surface area (TPSA) is 58.5 Å². The third-order valence-corrected chi connectivity index (χ3v) is 3.38. The molecule has 5 heteroatoms. The molecule has 1 heterocycles. The van der Waals surface area contributed by atoms with Gasteiger partial charge in [-0.05, 0) is 36.4 Å². The summed E-state index contributed by atoms with van der Waals surface area (Å²) in [6.07, 6.45) is -0.0455. The zero-order valence-corrected chi connectivity index (χ0v) is 11.7. The van der Waals surface area contributed by atoms with Crippen molar-refractivity contribution in [3.63, 3.8) is 0 Å². The fourth-order valence-corrected chi connectivity index (χ4v) is 2.23. The van der Waals surface area contributed by atoms with Crippen molar-refractivity contribution in [1.82, 2.24) is 0 Å². The summed E-state index contributed by atoms with van der Waals surface area (Å²) in [4.78, 5) is 28.7. The number of hydrogen-bond acceptors (Lipinski definition) is 3. The molecule has 3 rings (SSSR count). The number of anilines is 1. The molecule has 0 aliphatic carbocycles. The van der Waals surface area contributed by atoms with Gasteiger partial charge < -0.3 is 5.32 Å². The minimum absolute atomic E-state index is 0.0455. The van der Waals surface area contributed by atoms with Crippen molar-refractivity contribution in [2.24, 2.45) is 4.99 Å². The Labute approximate surface area is 126 Å². The van der Waals surface area contributed by atoms with E-state index < -0.39 is 0 Å². The van der Waals surface area contributed by atoms with Crippen molar-refractivity contribution in [2.45, 2.75) is 6.42 Å². The summed E-state index contributed by atoms with van der Waals surface area (Å²) < 4.78 is 0. The predicted octanol–water partition coefficient (Wildman–Crippen LogP) is 3.64. The molecule has 1 amide bonds. The molecular weight excluding hydrogens is 288 g/mol. The van der Waals surface area contributed by atoms with Crippen LogP contribution in [0.4, 0.5) is 11.4 Å². The first-order chi connectivity index (χ1) is 10.1. The zero-order valence-electron chi connectivity index (χ0n) is 11.0. The minimum atomic E-state index is -0.265. The highest BCUT2D eigenvalue weighted by molar-refractivity contribution is 6.49. The highest BCUT2D eigenvalue weighted by atomic mass is 35.5. The van der Waals surface area contributed by atoms with Crippen LogP contribution in [0.2, 0.25) is 5.02 Å². The van der Waals surface area contributed by atoms with E-state index in [1.165, 1.54) is 0 Å². The van der Waals surface area contributed by atoms with Gasteiger partial charge in [-0.1, -0.05) is 23.7 Å². The number of fused-ring (bicyclic) bond motifs is 1. The van der Waals surface area contributed by atoms with E-state index in [9.17, 15) is 9.59 Å². The third-order valence-electron chi connectivity index (χ3n) is 3.13. The molecular formula is C16H11ClN2O2. The number of nitrogens with one attached hydrogen (secondary N) is 1. The van der Waals surface area contributed by atoms with E-state index in [-0.39, 0.29) is 23.8 Å². The van der Waals surface area contributed by atoms with Gasteiger partial charge in [-0.2, -0.15) is 0 Å². The number of ketones is 1. The smallest absolute Gasteiger partial charge is 0.230 e. The Bertz CT molecular complexity index is 751. The lowest BCUT2D eigenvalue weighted by molar-refractivity contribution is -0.115. The summed E-state index contributed by atoms with van der Waals surface area (Å²) in [5.41, 5.74) is 1.88. The first kappa shape index (κ1) is 13.5. The van der Waals surface area contributed by atoms with Crippen molar-refractivity contribution in [3.05, 3.63) is 59.1 Å². The monoisotopic (exact) mass is 298 g/mol. The normalized spacial score (nSPS) is 13.8. The molecule has 1 N–H and O–H groups in total. The number of carbonyl (C=O) groups is 2. The van der Waals surface area contributed by atoms with E-state index in [4.69, 9.17) is 11.6 Å². The van der Waals surface area contributed by atoms with Crippen molar-refractivity contribution in [3.8, 4) is 0 Å². The number of para-hydroxylation sites is 2. The van der Waals surface area contributed by atoms with Crippen LogP contribution in [0.25, 0.3) is 0 Å². The van der Waals surface area contributed by atoms with Gasteiger partial charge in [0.15, 0.2) is 0 Å². The lowest BCUT2D eigenvalue weighted by Gasteiger charge is -2.02. The zero-order chi connectivity index (χ0) is 14.8. The van der Waals surface area contributed by atoms with E-state index in [1.807, 2.05) is 6.07 Å². The van der Waals surface area contributed by atoms with Gasteiger partial charge in [0.25, 0.3) is 0 Å². The Morgan fingerprint density at radius 3 is 2.57 bits per heavy atom.